The maximum Gasteiger partial charge on any atom is 0.239 e. The Bertz CT molecular complexity index is 722. The predicted molar refractivity (Wildman–Crippen MR) is 87.3 cm³/mol. The molecule has 1 saturated heterocycles. The van der Waals surface area contributed by atoms with Crippen molar-refractivity contribution in [2.24, 2.45) is 0 Å². The van der Waals surface area contributed by atoms with Gasteiger partial charge in [-0.15, -0.1) is 0 Å². The van der Waals surface area contributed by atoms with Gasteiger partial charge in [-0.1, -0.05) is 48.0 Å². The average Bonchev–Trinajstić information content (AvgIpc) is 3.30. The van der Waals surface area contributed by atoms with Crippen molar-refractivity contribution in [2.45, 2.75) is 18.8 Å². The number of aryl methyl sites for hydroxylation is 1. The zero-order chi connectivity index (χ0) is 15.6. The van der Waals surface area contributed by atoms with Gasteiger partial charge in [-0.05, 0) is 24.6 Å². The third-order valence-electron chi connectivity index (χ3n) is 3.62. The van der Waals surface area contributed by atoms with Crippen LogP contribution in [0.1, 0.15) is 11.1 Å². The predicted octanol–water partition coefficient (Wildman–Crippen LogP) is 2.73. The SMILES string of the molecule is Cc1ccc(N(CC2CO2)S(=O)(=O)Cc2ccccc2)cc1. The van der Waals surface area contributed by atoms with Crippen LogP contribution in [-0.2, 0) is 20.5 Å². The van der Waals surface area contributed by atoms with Crippen molar-refractivity contribution in [3.8, 4) is 0 Å². The second kappa shape index (κ2) is 6.10. The van der Waals surface area contributed by atoms with Crippen molar-refractivity contribution < 1.29 is 13.2 Å². The molecule has 0 amide bonds. The molecule has 0 aromatic heterocycles. The lowest BCUT2D eigenvalue weighted by Gasteiger charge is -2.24. The quantitative estimate of drug-likeness (QED) is 0.770. The van der Waals surface area contributed by atoms with Crippen molar-refractivity contribution in [1.29, 1.82) is 0 Å². The minimum Gasteiger partial charge on any atom is -0.371 e. The van der Waals surface area contributed by atoms with Gasteiger partial charge in [0.25, 0.3) is 0 Å². The molecular formula is C17H19NO3S. The third-order valence-corrected chi connectivity index (χ3v) is 5.35. The Morgan fingerprint density at radius 2 is 1.73 bits per heavy atom. The summed E-state index contributed by atoms with van der Waals surface area (Å²) in [6, 6.07) is 16.8. The maximum atomic E-state index is 12.8. The number of benzene rings is 2. The van der Waals surface area contributed by atoms with E-state index in [1.54, 1.807) is 0 Å². The van der Waals surface area contributed by atoms with E-state index in [1.165, 1.54) is 4.31 Å². The summed E-state index contributed by atoms with van der Waals surface area (Å²) in [6.45, 7) is 2.98. The Hall–Kier alpha value is -1.85. The van der Waals surface area contributed by atoms with Gasteiger partial charge in [0.2, 0.25) is 10.0 Å². The lowest BCUT2D eigenvalue weighted by molar-refractivity contribution is 0.412. The van der Waals surface area contributed by atoms with E-state index in [-0.39, 0.29) is 11.9 Å². The van der Waals surface area contributed by atoms with Crippen molar-refractivity contribution in [2.75, 3.05) is 17.5 Å². The summed E-state index contributed by atoms with van der Waals surface area (Å²) in [5.41, 5.74) is 2.58. The second-order valence-electron chi connectivity index (χ2n) is 5.56. The van der Waals surface area contributed by atoms with Crippen LogP contribution in [0, 0.1) is 6.92 Å². The molecule has 0 N–H and O–H groups in total. The lowest BCUT2D eigenvalue weighted by Crippen LogP contribution is -2.35. The third kappa shape index (κ3) is 3.67. The first kappa shape index (κ1) is 15.1. The molecule has 3 rings (SSSR count). The smallest absolute Gasteiger partial charge is 0.239 e. The first-order valence-electron chi connectivity index (χ1n) is 7.27. The van der Waals surface area contributed by atoms with Crippen LogP contribution in [0.4, 0.5) is 5.69 Å². The van der Waals surface area contributed by atoms with Gasteiger partial charge in [-0.2, -0.15) is 0 Å². The zero-order valence-electron chi connectivity index (χ0n) is 12.5. The molecule has 1 fully saturated rings. The van der Waals surface area contributed by atoms with Crippen LogP contribution in [-0.4, -0.2) is 27.7 Å². The van der Waals surface area contributed by atoms with Crippen LogP contribution < -0.4 is 4.31 Å². The number of ether oxygens (including phenoxy) is 1. The fourth-order valence-corrected chi connectivity index (χ4v) is 3.92. The van der Waals surface area contributed by atoms with Crippen LogP contribution in [0.15, 0.2) is 54.6 Å². The molecule has 0 spiro atoms. The topological polar surface area (TPSA) is 49.9 Å². The van der Waals surface area contributed by atoms with E-state index in [4.69, 9.17) is 4.74 Å². The minimum absolute atomic E-state index is 0.00552. The zero-order valence-corrected chi connectivity index (χ0v) is 13.3. The first-order valence-corrected chi connectivity index (χ1v) is 8.88. The van der Waals surface area contributed by atoms with Gasteiger partial charge in [-0.3, -0.25) is 4.31 Å². The molecule has 5 heteroatoms. The highest BCUT2D eigenvalue weighted by atomic mass is 32.2. The van der Waals surface area contributed by atoms with Crippen LogP contribution in [0.3, 0.4) is 0 Å². The van der Waals surface area contributed by atoms with Gasteiger partial charge < -0.3 is 4.74 Å². The van der Waals surface area contributed by atoms with E-state index < -0.39 is 10.0 Å². The van der Waals surface area contributed by atoms with Crippen LogP contribution in [0.5, 0.6) is 0 Å². The molecule has 22 heavy (non-hydrogen) atoms. The number of rotatable bonds is 6. The monoisotopic (exact) mass is 317 g/mol. The first-order chi connectivity index (χ1) is 10.5. The normalized spacial score (nSPS) is 17.2. The molecule has 0 bridgehead atoms. The Balaban J connectivity index is 1.88. The number of hydrogen-bond acceptors (Lipinski definition) is 3. The minimum atomic E-state index is -3.44. The number of epoxide rings is 1. The van der Waals surface area contributed by atoms with E-state index in [2.05, 4.69) is 0 Å². The van der Waals surface area contributed by atoms with Gasteiger partial charge >= 0.3 is 0 Å². The molecular weight excluding hydrogens is 298 g/mol. The standard InChI is InChI=1S/C17H19NO3S/c1-14-7-9-16(10-8-14)18(11-17-12-21-17)22(19,20)13-15-5-3-2-4-6-15/h2-10,17H,11-13H2,1H3. The Kier molecular flexibility index (Phi) is 4.18. The van der Waals surface area contributed by atoms with Crippen molar-refractivity contribution in [1.82, 2.24) is 0 Å². The number of hydrogen-bond donors (Lipinski definition) is 0. The number of anilines is 1. The van der Waals surface area contributed by atoms with Crippen LogP contribution in [0.25, 0.3) is 0 Å². The highest BCUT2D eigenvalue weighted by Gasteiger charge is 2.32. The van der Waals surface area contributed by atoms with Gasteiger partial charge in [0.1, 0.15) is 0 Å². The summed E-state index contributed by atoms with van der Waals surface area (Å²) in [5, 5.41) is 0. The molecule has 1 unspecified atom stereocenters. The number of nitrogens with zero attached hydrogens (tertiary/aromatic N) is 1. The summed E-state index contributed by atoms with van der Waals surface area (Å²) in [5.74, 6) is -0.00552. The van der Waals surface area contributed by atoms with Crippen molar-refractivity contribution in [3.05, 3.63) is 65.7 Å². The van der Waals surface area contributed by atoms with E-state index in [0.717, 1.165) is 11.1 Å². The van der Waals surface area contributed by atoms with E-state index in [1.807, 2.05) is 61.5 Å². The highest BCUT2D eigenvalue weighted by molar-refractivity contribution is 7.92. The summed E-state index contributed by atoms with van der Waals surface area (Å²) in [7, 11) is -3.44. The molecule has 4 nitrogen and oxygen atoms in total. The summed E-state index contributed by atoms with van der Waals surface area (Å²) in [6.07, 6.45) is 0.00634. The second-order valence-corrected chi connectivity index (χ2v) is 7.46. The fraction of sp³-hybridized carbons (Fsp3) is 0.294. The van der Waals surface area contributed by atoms with Gasteiger partial charge in [0, 0.05) is 0 Å². The van der Waals surface area contributed by atoms with Gasteiger partial charge in [-0.25, -0.2) is 8.42 Å². The fourth-order valence-electron chi connectivity index (χ4n) is 2.31. The van der Waals surface area contributed by atoms with Gasteiger partial charge in [0.15, 0.2) is 0 Å². The molecule has 1 heterocycles. The van der Waals surface area contributed by atoms with E-state index >= 15 is 0 Å². The van der Waals surface area contributed by atoms with Crippen LogP contribution in [0.2, 0.25) is 0 Å². The average molecular weight is 317 g/mol. The molecule has 1 atom stereocenters. The molecule has 2 aromatic carbocycles. The van der Waals surface area contributed by atoms with Crippen molar-refractivity contribution in [3.63, 3.8) is 0 Å². The van der Waals surface area contributed by atoms with E-state index in [0.29, 0.717) is 18.8 Å². The van der Waals surface area contributed by atoms with Gasteiger partial charge in [0.05, 0.1) is 30.7 Å². The molecule has 0 aliphatic carbocycles. The summed E-state index contributed by atoms with van der Waals surface area (Å²) < 4.78 is 32.3. The Labute approximate surface area is 131 Å². The van der Waals surface area contributed by atoms with E-state index in [9.17, 15) is 8.42 Å². The highest BCUT2D eigenvalue weighted by Crippen LogP contribution is 2.24. The van der Waals surface area contributed by atoms with Crippen LogP contribution >= 0.6 is 0 Å². The number of sulfonamides is 1. The Morgan fingerprint density at radius 1 is 1.09 bits per heavy atom. The summed E-state index contributed by atoms with van der Waals surface area (Å²) >= 11 is 0. The molecule has 1 aliphatic heterocycles. The molecule has 2 aromatic rings. The van der Waals surface area contributed by atoms with Crippen molar-refractivity contribution >= 4 is 15.7 Å². The summed E-state index contributed by atoms with van der Waals surface area (Å²) in [4.78, 5) is 0. The lowest BCUT2D eigenvalue weighted by atomic mass is 10.2. The molecule has 0 radical (unpaired) electrons. The molecule has 0 saturated carbocycles. The molecule has 116 valence electrons. The molecule has 1 aliphatic rings. The maximum absolute atomic E-state index is 12.8. The Morgan fingerprint density at radius 3 is 2.32 bits per heavy atom. The largest absolute Gasteiger partial charge is 0.371 e.